The summed E-state index contributed by atoms with van der Waals surface area (Å²) in [6, 6.07) is 8.95. The van der Waals surface area contributed by atoms with E-state index in [4.69, 9.17) is 27.9 Å². The molecule has 1 aromatic carbocycles. The average Bonchev–Trinajstić information content (AvgIpc) is 3.37. The monoisotopic (exact) mass is 489 g/mol. The molecule has 2 saturated carbocycles. The van der Waals surface area contributed by atoms with Gasteiger partial charge in [0.2, 0.25) is 0 Å². The first-order valence-electron chi connectivity index (χ1n) is 12.0. The number of carbonyl (C=O) groups excluding carboxylic acids is 1. The van der Waals surface area contributed by atoms with Crippen LogP contribution in [-0.2, 0) is 24.1 Å². The molecule has 0 unspecified atom stereocenters. The molecule has 1 heterocycles. The van der Waals surface area contributed by atoms with Crippen LogP contribution >= 0.6 is 23.2 Å². The van der Waals surface area contributed by atoms with Crippen molar-refractivity contribution < 1.29 is 9.53 Å². The minimum absolute atomic E-state index is 0.156. The molecule has 2 aromatic rings. The van der Waals surface area contributed by atoms with Gasteiger partial charge in [-0.1, -0.05) is 41.8 Å². The first kappa shape index (κ1) is 24.3. The highest BCUT2D eigenvalue weighted by Crippen LogP contribution is 2.49. The molecule has 2 bridgehead atoms. The molecule has 2 fully saturated rings. The fourth-order valence-corrected chi connectivity index (χ4v) is 6.14. The summed E-state index contributed by atoms with van der Waals surface area (Å²) < 4.78 is 7.17. The van der Waals surface area contributed by atoms with Gasteiger partial charge in [-0.25, -0.2) is 4.79 Å². The molecule has 0 aliphatic heterocycles. The van der Waals surface area contributed by atoms with Crippen molar-refractivity contribution in [2.75, 3.05) is 0 Å². The summed E-state index contributed by atoms with van der Waals surface area (Å²) in [5, 5.41) is 0.729. The van der Waals surface area contributed by atoms with Crippen molar-refractivity contribution in [2.24, 2.45) is 17.8 Å². The van der Waals surface area contributed by atoms with Crippen LogP contribution in [0.15, 0.2) is 35.1 Å². The quantitative estimate of drug-likeness (QED) is 0.405. The number of esters is 1. The summed E-state index contributed by atoms with van der Waals surface area (Å²) in [5.74, 6) is 2.17. The zero-order valence-corrected chi connectivity index (χ0v) is 21.2. The Morgan fingerprint density at radius 3 is 2.39 bits per heavy atom. The van der Waals surface area contributed by atoms with E-state index in [9.17, 15) is 9.59 Å². The van der Waals surface area contributed by atoms with Gasteiger partial charge in [0.15, 0.2) is 0 Å². The van der Waals surface area contributed by atoms with E-state index >= 15 is 0 Å². The molecule has 0 N–H and O–H groups in total. The molecule has 1 aromatic heterocycles. The van der Waals surface area contributed by atoms with Gasteiger partial charge in [0.1, 0.15) is 10.6 Å². The van der Waals surface area contributed by atoms with Crippen LogP contribution in [0.3, 0.4) is 0 Å². The molecule has 0 saturated heterocycles. The summed E-state index contributed by atoms with van der Waals surface area (Å²) in [7, 11) is 0. The summed E-state index contributed by atoms with van der Waals surface area (Å²) in [4.78, 5) is 25.1. The molecule has 4 nitrogen and oxygen atoms in total. The molecule has 6 heteroatoms. The molecule has 0 radical (unpaired) electrons. The Labute approximate surface area is 206 Å². The molecular weight excluding hydrogens is 457 g/mol. The molecule has 178 valence electrons. The normalized spacial score (nSPS) is 22.0. The lowest BCUT2D eigenvalue weighted by atomic mass is 9.85. The lowest BCUT2D eigenvalue weighted by Gasteiger charge is -2.23. The summed E-state index contributed by atoms with van der Waals surface area (Å²) in [6.45, 7) is 6.04. The third kappa shape index (κ3) is 5.84. The number of nitrogens with zero attached hydrogens (tertiary/aromatic N) is 1. The molecule has 2 aliphatic rings. The zero-order chi connectivity index (χ0) is 23.8. The summed E-state index contributed by atoms with van der Waals surface area (Å²) in [5.41, 5.74) is 1.72. The average molecular weight is 490 g/mol. The van der Waals surface area contributed by atoms with E-state index in [-0.39, 0.29) is 16.6 Å². The van der Waals surface area contributed by atoms with Gasteiger partial charge >= 0.3 is 5.97 Å². The molecule has 4 rings (SSSR count). The Kier molecular flexibility index (Phi) is 7.26. The zero-order valence-electron chi connectivity index (χ0n) is 19.7. The van der Waals surface area contributed by atoms with Gasteiger partial charge in [0.25, 0.3) is 5.56 Å². The number of ether oxygens (including phenoxy) is 1. The largest absolute Gasteiger partial charge is 0.456 e. The smallest absolute Gasteiger partial charge is 0.338 e. The fourth-order valence-electron chi connectivity index (χ4n) is 5.57. The standard InChI is InChI=1S/C27H33Cl2NO3/c1-27(2,3)33-26(32)19-7-4-17(5-8-19)12-13-30-24(22(28)16-23(29)25(30)31)11-10-21-15-18-6-9-20(21)14-18/h4-5,7-8,16,18,20-21H,6,9-15H2,1-3H3/t18-,20+,21+/m0/s1. The van der Waals surface area contributed by atoms with Gasteiger partial charge in [-0.2, -0.15) is 0 Å². The molecule has 0 amide bonds. The number of fused-ring (bicyclic) bond motifs is 2. The number of halogens is 2. The van der Waals surface area contributed by atoms with Gasteiger partial charge in [0.05, 0.1) is 10.6 Å². The van der Waals surface area contributed by atoms with Crippen LogP contribution in [0.1, 0.15) is 74.5 Å². The number of aromatic nitrogens is 1. The molecule has 33 heavy (non-hydrogen) atoms. The highest BCUT2D eigenvalue weighted by atomic mass is 35.5. The van der Waals surface area contributed by atoms with Crippen molar-refractivity contribution in [1.82, 2.24) is 4.57 Å². The maximum atomic E-state index is 12.9. The van der Waals surface area contributed by atoms with Gasteiger partial charge in [-0.15, -0.1) is 0 Å². The number of hydrogen-bond donors (Lipinski definition) is 0. The van der Waals surface area contributed by atoms with Crippen LogP contribution in [0, 0.1) is 17.8 Å². The van der Waals surface area contributed by atoms with Gasteiger partial charge in [-0.05, 0) is 101 Å². The highest BCUT2D eigenvalue weighted by molar-refractivity contribution is 6.34. The second-order valence-corrected chi connectivity index (χ2v) is 11.5. The SMILES string of the molecule is CC(C)(C)OC(=O)c1ccc(CCn2c(CC[C@@H]3C[C@H]4CC[C@@H]3C4)c(Cl)cc(Cl)c2=O)cc1. The van der Waals surface area contributed by atoms with Crippen LogP contribution in [-0.4, -0.2) is 16.1 Å². The number of hydrogen-bond acceptors (Lipinski definition) is 3. The Morgan fingerprint density at radius 1 is 1.06 bits per heavy atom. The first-order valence-corrected chi connectivity index (χ1v) is 12.8. The van der Waals surface area contributed by atoms with Crippen molar-refractivity contribution in [1.29, 1.82) is 0 Å². The van der Waals surface area contributed by atoms with E-state index in [1.54, 1.807) is 22.8 Å². The molecule has 2 aliphatic carbocycles. The maximum Gasteiger partial charge on any atom is 0.338 e. The number of benzene rings is 1. The van der Waals surface area contributed by atoms with E-state index < -0.39 is 5.60 Å². The Bertz CT molecular complexity index is 1070. The van der Waals surface area contributed by atoms with Gasteiger partial charge < -0.3 is 9.30 Å². The molecule has 3 atom stereocenters. The van der Waals surface area contributed by atoms with Crippen LogP contribution in [0.2, 0.25) is 10.0 Å². The van der Waals surface area contributed by atoms with Crippen LogP contribution in [0.25, 0.3) is 0 Å². The third-order valence-electron chi connectivity index (χ3n) is 7.15. The Morgan fingerprint density at radius 2 is 1.79 bits per heavy atom. The Hall–Kier alpha value is -1.78. The van der Waals surface area contributed by atoms with Crippen molar-refractivity contribution in [3.05, 3.63) is 67.6 Å². The predicted octanol–water partition coefficient (Wildman–Crippen LogP) is 6.72. The fraction of sp³-hybridized carbons (Fsp3) is 0.556. The van der Waals surface area contributed by atoms with Gasteiger partial charge in [0, 0.05) is 12.2 Å². The van der Waals surface area contributed by atoms with Crippen molar-refractivity contribution in [3.8, 4) is 0 Å². The number of carbonyl (C=O) groups is 1. The van der Waals surface area contributed by atoms with Gasteiger partial charge in [-0.3, -0.25) is 4.79 Å². The van der Waals surface area contributed by atoms with Crippen molar-refractivity contribution in [2.45, 2.75) is 77.9 Å². The van der Waals surface area contributed by atoms with E-state index in [0.29, 0.717) is 23.6 Å². The molecular formula is C27H33Cl2NO3. The van der Waals surface area contributed by atoms with E-state index in [2.05, 4.69) is 0 Å². The van der Waals surface area contributed by atoms with Crippen LogP contribution in [0.4, 0.5) is 0 Å². The molecule has 0 spiro atoms. The van der Waals surface area contributed by atoms with Crippen LogP contribution < -0.4 is 5.56 Å². The predicted molar refractivity (Wildman–Crippen MR) is 133 cm³/mol. The van der Waals surface area contributed by atoms with Crippen molar-refractivity contribution in [3.63, 3.8) is 0 Å². The van der Waals surface area contributed by atoms with Crippen molar-refractivity contribution >= 4 is 29.2 Å². The van der Waals surface area contributed by atoms with E-state index in [0.717, 1.165) is 41.9 Å². The summed E-state index contributed by atoms with van der Waals surface area (Å²) in [6.07, 6.45) is 7.97. The maximum absolute atomic E-state index is 12.9. The minimum atomic E-state index is -0.531. The second kappa shape index (κ2) is 9.84. The summed E-state index contributed by atoms with van der Waals surface area (Å²) >= 11 is 12.8. The topological polar surface area (TPSA) is 48.3 Å². The highest BCUT2D eigenvalue weighted by Gasteiger charge is 2.39. The number of rotatable bonds is 7. The Balaban J connectivity index is 1.45. The number of aryl methyl sites for hydroxylation is 1. The van der Waals surface area contributed by atoms with E-state index in [1.165, 1.54) is 25.7 Å². The second-order valence-electron chi connectivity index (χ2n) is 10.7. The van der Waals surface area contributed by atoms with E-state index in [1.807, 2.05) is 32.9 Å². The lowest BCUT2D eigenvalue weighted by molar-refractivity contribution is 0.00695. The first-order chi connectivity index (χ1) is 15.6. The lowest BCUT2D eigenvalue weighted by Crippen LogP contribution is -2.26. The van der Waals surface area contributed by atoms with Crippen LogP contribution in [0.5, 0.6) is 0 Å². The third-order valence-corrected chi connectivity index (χ3v) is 7.75. The number of pyridine rings is 1. The minimum Gasteiger partial charge on any atom is -0.456 e.